The Morgan fingerprint density at radius 3 is 1.25 bits per heavy atom. The molecule has 14 aliphatic rings. The first-order valence-electron chi connectivity index (χ1n) is 39.7. The molecule has 2 heterocycles. The fourth-order valence-corrected chi connectivity index (χ4v) is 30.8. The Morgan fingerprint density at radius 1 is 0.515 bits per heavy atom. The monoisotopic (exact) mass is 1440 g/mol. The van der Waals surface area contributed by atoms with Gasteiger partial charge in [-0.05, 0) is 280 Å². The van der Waals surface area contributed by atoms with Crippen LogP contribution in [0.3, 0.4) is 0 Å². The minimum absolute atomic E-state index is 0. The van der Waals surface area contributed by atoms with Crippen LogP contribution in [0.5, 0.6) is 0 Å². The molecular weight excluding hydrogens is 1310 g/mol. The van der Waals surface area contributed by atoms with Gasteiger partial charge >= 0.3 is 41.5 Å². The summed E-state index contributed by atoms with van der Waals surface area (Å²) in [4.78, 5) is 28.5. The molecule has 0 amide bonds. The number of hydrogen-bond acceptors (Lipinski definition) is 12. The Kier molecular flexibility index (Phi) is 22.5. The number of allylic oxidation sites excluding steroid dienone is 12. The number of nitrogens with one attached hydrogen (secondary N) is 2. The molecule has 0 aromatic rings. The van der Waals surface area contributed by atoms with E-state index in [9.17, 15) is 31.5 Å². The summed E-state index contributed by atoms with van der Waals surface area (Å²) < 4.78 is 53.1. The van der Waals surface area contributed by atoms with Crippen LogP contribution in [0.4, 0.5) is 0 Å². The fraction of sp³-hybridized carbons (Fsp3) is 0.788. The summed E-state index contributed by atoms with van der Waals surface area (Å²) in [6, 6.07) is 0. The average Bonchev–Trinajstić information content (AvgIpc) is 1.59. The van der Waals surface area contributed by atoms with E-state index in [0.29, 0.717) is 137 Å². The van der Waals surface area contributed by atoms with Crippen molar-refractivity contribution in [3.05, 3.63) is 94.2 Å². The molecule has 16 heteroatoms. The normalized spacial score (nSPS) is 43.1. The van der Waals surface area contributed by atoms with Crippen LogP contribution < -0.4 is 40.2 Å². The van der Waals surface area contributed by atoms with E-state index < -0.39 is 25.6 Å². The largest absolute Gasteiger partial charge is 1.00 e. The summed E-state index contributed by atoms with van der Waals surface area (Å²) in [7, 11) is -4.24. The number of ether oxygens (including phenoxy) is 1. The number of sulfone groups is 2. The van der Waals surface area contributed by atoms with Crippen molar-refractivity contribution in [3.8, 4) is 0 Å². The van der Waals surface area contributed by atoms with Crippen molar-refractivity contribution in [2.75, 3.05) is 82.5 Å². The number of hydrogen-bond donors (Lipinski definition) is 3. The van der Waals surface area contributed by atoms with Gasteiger partial charge in [0.25, 0.3) is 0 Å². The molecule has 0 spiro atoms. The number of carbonyl (C=O) groups is 2. The van der Waals surface area contributed by atoms with Gasteiger partial charge in [-0.25, -0.2) is 26.4 Å². The zero-order valence-electron chi connectivity index (χ0n) is 65.2. The van der Waals surface area contributed by atoms with Gasteiger partial charge in [-0.15, -0.1) is 0 Å². The third-order valence-electron chi connectivity index (χ3n) is 33.7. The topological polar surface area (TPSA) is 192 Å². The Hall–Kier alpha value is -2.44. The SMILES string of the molecule is C=C(C)[C@@H]1CC[C@]2(NCCN3CCS(=O)(=O)CC3)CC[C@]3(C)[C@H](CC[C@@H]4[C@@]5(C)CC=C(C6=CC=C(C(=O)O)CC6)C(C)(C)[C@@H]5CC[C@]43C)[C@@H]12.C=C(C)[C@@H]1CC[C@]2(NCCN3CCS(=O)(=O)CC3)CC[C@]3(C)[C@H](CC[C@@H]4[C@@]5(C)CC=C(C6=CC=C(C(=O)OC)CC6)C(C)(C)[C@@H]5CC[C@]43C)[C@@H]12.[Na+].[OH-]. The fourth-order valence-electron chi connectivity index (χ4n) is 28.3. The van der Waals surface area contributed by atoms with Crippen molar-refractivity contribution < 1.29 is 71.3 Å². The standard InChI is InChI=1S/C43H66N2O4S.C42H64N2O4S.Na.H2O/c1-29(2)32-15-20-43(44-23-24-45-25-27-50(47,48)28-26-45)22-21-41(6)34(37(32)43)13-14-36-40(5)18-16-33(30-9-11-31(12-10-30)38(46)49-8)39(3,4)35(40)17-19-42(36,41)7;1-28(2)31-14-19-42(43-22-23-44-24-26-49(47,48)27-25-44)21-20-40(6)33(36(31)42)12-13-35-39(5)17-15-32(29-8-10-30(11-9-29)37(45)46)38(3,4)34(39)16-18-41(35,40)7;;/h9,11,16,32,34-37,44H,1,10,12-15,17-28H2,2-8H3;8,10,15,31,33-36,43H,1,9,11-14,16-27H2,2-7H3,(H,45,46);;1H2/q;;+1;/p-1/t32-,34+,35-,36+,37+,40-,41+,42+,43-;31-,33+,34-,35+,36+,39-,40+,41+,42-;;/m00../s1. The van der Waals surface area contributed by atoms with Crippen molar-refractivity contribution in [2.24, 2.45) is 102 Å². The van der Waals surface area contributed by atoms with E-state index in [4.69, 9.17) is 4.74 Å². The maximum Gasteiger partial charge on any atom is 1.00 e. The van der Waals surface area contributed by atoms with Crippen molar-refractivity contribution >= 4 is 31.6 Å². The first-order valence-corrected chi connectivity index (χ1v) is 43.3. The summed E-state index contributed by atoms with van der Waals surface area (Å²) >= 11 is 0. The van der Waals surface area contributed by atoms with Crippen LogP contribution in [0.15, 0.2) is 94.2 Å². The van der Waals surface area contributed by atoms with Gasteiger partial charge in [0, 0.05) is 74.6 Å². The summed E-state index contributed by atoms with van der Waals surface area (Å²) in [5.74, 6) is 6.67. The molecule has 2 saturated heterocycles. The summed E-state index contributed by atoms with van der Waals surface area (Å²) in [5, 5.41) is 18.0. The molecular formula is C85H131N4NaO9S2. The van der Waals surface area contributed by atoms with Crippen molar-refractivity contribution in [3.63, 3.8) is 0 Å². The van der Waals surface area contributed by atoms with Crippen molar-refractivity contribution in [2.45, 2.75) is 235 Å². The molecule has 558 valence electrons. The molecule has 18 atom stereocenters. The van der Waals surface area contributed by atoms with Gasteiger partial charge in [-0.2, -0.15) is 0 Å². The van der Waals surface area contributed by atoms with Crippen LogP contribution in [0.25, 0.3) is 0 Å². The van der Waals surface area contributed by atoms with Gasteiger partial charge in [0.15, 0.2) is 19.7 Å². The second-order valence-electron chi connectivity index (χ2n) is 38.2. The van der Waals surface area contributed by atoms with Crippen LogP contribution in [-0.2, 0) is 34.0 Å². The van der Waals surface area contributed by atoms with Gasteiger partial charge in [0.05, 0.1) is 30.1 Å². The maximum absolute atomic E-state index is 12.2. The molecule has 13 nitrogen and oxygen atoms in total. The molecule has 0 aromatic carbocycles. The molecule has 10 fully saturated rings. The van der Waals surface area contributed by atoms with Crippen LogP contribution in [0.2, 0.25) is 0 Å². The van der Waals surface area contributed by atoms with Gasteiger partial charge in [0.2, 0.25) is 0 Å². The first kappa shape index (κ1) is 79.6. The molecule has 0 aromatic heterocycles. The molecule has 12 aliphatic carbocycles. The molecule has 0 unspecified atom stereocenters. The molecule has 4 N–H and O–H groups in total. The van der Waals surface area contributed by atoms with E-state index in [2.05, 4.69) is 141 Å². The Morgan fingerprint density at radius 2 is 0.901 bits per heavy atom. The van der Waals surface area contributed by atoms with Crippen LogP contribution in [-0.4, -0.2) is 143 Å². The number of carboxylic acid groups (broad SMARTS) is 1. The number of esters is 1. The second-order valence-corrected chi connectivity index (χ2v) is 42.8. The maximum atomic E-state index is 12.2. The van der Waals surface area contributed by atoms with Gasteiger partial charge in [-0.3, -0.25) is 0 Å². The Labute approximate surface area is 633 Å². The minimum atomic E-state index is -2.86. The molecule has 14 rings (SSSR count). The third kappa shape index (κ3) is 13.2. The van der Waals surface area contributed by atoms with E-state index in [1.54, 1.807) is 0 Å². The molecule has 8 saturated carbocycles. The number of nitrogens with zero attached hydrogens (tertiary/aromatic N) is 2. The number of methoxy groups -OCH3 is 1. The van der Waals surface area contributed by atoms with Crippen LogP contribution >= 0.6 is 0 Å². The summed E-state index contributed by atoms with van der Waals surface area (Å²) in [6.45, 7) is 46.5. The Balaban J connectivity index is 0.000000199. The van der Waals surface area contributed by atoms with E-state index in [0.717, 1.165) is 63.9 Å². The Bertz CT molecular complexity index is 3650. The van der Waals surface area contributed by atoms with E-state index in [1.807, 2.05) is 12.2 Å². The zero-order valence-corrected chi connectivity index (χ0v) is 68.8. The van der Waals surface area contributed by atoms with E-state index in [1.165, 1.54) is 143 Å². The summed E-state index contributed by atoms with van der Waals surface area (Å²) in [5.41, 5.74) is 12.0. The average molecular weight is 1440 g/mol. The minimum Gasteiger partial charge on any atom is -0.870 e. The van der Waals surface area contributed by atoms with Crippen LogP contribution in [0, 0.1) is 102 Å². The van der Waals surface area contributed by atoms with Crippen molar-refractivity contribution in [1.29, 1.82) is 0 Å². The van der Waals surface area contributed by atoms with E-state index in [-0.39, 0.29) is 79.2 Å². The van der Waals surface area contributed by atoms with E-state index >= 15 is 0 Å². The number of rotatable bonds is 14. The molecule has 0 bridgehead atoms. The third-order valence-corrected chi connectivity index (χ3v) is 36.9. The molecule has 2 aliphatic heterocycles. The smallest absolute Gasteiger partial charge is 0.870 e. The predicted octanol–water partition coefficient (Wildman–Crippen LogP) is 12.9. The first-order chi connectivity index (χ1) is 46.5. The molecule has 101 heavy (non-hydrogen) atoms. The van der Waals surface area contributed by atoms with Crippen LogP contribution in [0.1, 0.15) is 224 Å². The van der Waals surface area contributed by atoms with Crippen molar-refractivity contribution in [1.82, 2.24) is 20.4 Å². The molecule has 0 radical (unpaired) electrons. The summed E-state index contributed by atoms with van der Waals surface area (Å²) in [6.07, 6.45) is 39.3. The van der Waals surface area contributed by atoms with Gasteiger partial charge < -0.3 is 35.8 Å². The second kappa shape index (κ2) is 28.5. The quantitative estimate of drug-likeness (QED) is 0.0846. The zero-order chi connectivity index (χ0) is 71.1. The number of carbonyl (C=O) groups excluding carboxylic acids is 1. The predicted molar refractivity (Wildman–Crippen MR) is 404 cm³/mol. The number of fused-ring (bicyclic) bond motifs is 14. The van der Waals surface area contributed by atoms with Gasteiger partial charge in [-0.1, -0.05) is 130 Å². The number of carboxylic acids is 1. The van der Waals surface area contributed by atoms with Gasteiger partial charge in [0.1, 0.15) is 0 Å². The number of aliphatic carboxylic acids is 1.